The third-order valence-corrected chi connectivity index (χ3v) is 6.48. The average Bonchev–Trinajstić information content (AvgIpc) is 3.05. The van der Waals surface area contributed by atoms with E-state index in [-0.39, 0.29) is 18.2 Å². The molecule has 1 saturated heterocycles. The van der Waals surface area contributed by atoms with Gasteiger partial charge in [-0.25, -0.2) is 14.9 Å². The largest absolute Gasteiger partial charge is 0.497 e. The van der Waals surface area contributed by atoms with Crippen LogP contribution in [0, 0.1) is 6.92 Å². The molecule has 3 aromatic carbocycles. The number of hydrogen-bond acceptors (Lipinski definition) is 6. The van der Waals surface area contributed by atoms with E-state index in [1.54, 1.807) is 7.11 Å². The summed E-state index contributed by atoms with van der Waals surface area (Å²) in [5, 5.41) is 2.70. The molecule has 0 radical (unpaired) electrons. The summed E-state index contributed by atoms with van der Waals surface area (Å²) in [6.45, 7) is 1.90. The normalized spacial score (nSPS) is 16.5. The van der Waals surface area contributed by atoms with Gasteiger partial charge in [-0.3, -0.25) is 9.59 Å². The third kappa shape index (κ3) is 3.41. The molecule has 6 nitrogen and oxygen atoms in total. The molecule has 1 fully saturated rings. The van der Waals surface area contributed by atoms with Gasteiger partial charge in [-0.1, -0.05) is 48.2 Å². The zero-order valence-corrected chi connectivity index (χ0v) is 17.8. The monoisotopic (exact) mass is 429 g/mol. The number of anilines is 1. The molecule has 154 valence electrons. The Morgan fingerprint density at radius 3 is 2.65 bits per heavy atom. The van der Waals surface area contributed by atoms with Crippen LogP contribution in [-0.4, -0.2) is 34.1 Å². The maximum atomic E-state index is 13.2. The number of benzene rings is 3. The Hall–Kier alpha value is -3.45. The number of amides is 2. The number of hydrogen-bond donors (Lipinski definition) is 0. The van der Waals surface area contributed by atoms with Crippen molar-refractivity contribution in [3.05, 3.63) is 66.4 Å². The molecule has 31 heavy (non-hydrogen) atoms. The van der Waals surface area contributed by atoms with Gasteiger partial charge in [-0.2, -0.15) is 0 Å². The fourth-order valence-electron chi connectivity index (χ4n) is 3.89. The van der Waals surface area contributed by atoms with Crippen molar-refractivity contribution in [2.75, 3.05) is 12.0 Å². The van der Waals surface area contributed by atoms with Crippen molar-refractivity contribution < 1.29 is 14.3 Å². The van der Waals surface area contributed by atoms with E-state index in [1.807, 2.05) is 67.6 Å². The highest BCUT2D eigenvalue weighted by Crippen LogP contribution is 2.36. The van der Waals surface area contributed by atoms with Crippen LogP contribution in [0.5, 0.6) is 5.75 Å². The second kappa shape index (κ2) is 7.67. The van der Waals surface area contributed by atoms with Gasteiger partial charge in [0.15, 0.2) is 5.16 Å². The Kier molecular flexibility index (Phi) is 4.82. The van der Waals surface area contributed by atoms with Gasteiger partial charge in [0.1, 0.15) is 11.0 Å². The molecular formula is C24H19N3O3S. The van der Waals surface area contributed by atoms with E-state index >= 15 is 0 Å². The lowest BCUT2D eigenvalue weighted by atomic mass is 10.1. The quantitative estimate of drug-likeness (QED) is 0.351. The number of nitrogens with zero attached hydrogens (tertiary/aromatic N) is 3. The molecule has 0 unspecified atom stereocenters. The standard InChI is InChI=1S/C24H19N3O3S/c1-14-18-12-16(30-2)10-11-19(18)26-24(25-14)31-21-13-22(28)27(23(21)29)20-9-5-7-15-6-3-4-8-17(15)20/h3-12,21H,13H2,1-2H3/t21-/m0/s1. The highest BCUT2D eigenvalue weighted by atomic mass is 32.2. The molecule has 0 saturated carbocycles. The number of fused-ring (bicyclic) bond motifs is 2. The summed E-state index contributed by atoms with van der Waals surface area (Å²) >= 11 is 1.24. The zero-order valence-electron chi connectivity index (χ0n) is 17.0. The predicted octanol–water partition coefficient (Wildman–Crippen LogP) is 4.52. The number of thioether (sulfide) groups is 1. The fraction of sp³-hybridized carbons (Fsp3) is 0.167. The van der Waals surface area contributed by atoms with E-state index in [4.69, 9.17) is 4.74 Å². The maximum Gasteiger partial charge on any atom is 0.247 e. The van der Waals surface area contributed by atoms with Crippen molar-refractivity contribution in [3.63, 3.8) is 0 Å². The molecule has 0 aliphatic carbocycles. The highest BCUT2D eigenvalue weighted by molar-refractivity contribution is 8.00. The van der Waals surface area contributed by atoms with E-state index in [2.05, 4.69) is 9.97 Å². The first-order valence-corrected chi connectivity index (χ1v) is 10.8. The number of aryl methyl sites for hydroxylation is 1. The summed E-state index contributed by atoms with van der Waals surface area (Å²) in [4.78, 5) is 36.5. The Morgan fingerprint density at radius 2 is 1.81 bits per heavy atom. The lowest BCUT2D eigenvalue weighted by molar-refractivity contribution is -0.121. The van der Waals surface area contributed by atoms with Crippen molar-refractivity contribution in [2.45, 2.75) is 23.8 Å². The van der Waals surface area contributed by atoms with E-state index in [0.29, 0.717) is 10.8 Å². The lowest BCUT2D eigenvalue weighted by Gasteiger charge is -2.17. The average molecular weight is 430 g/mol. The Balaban J connectivity index is 1.46. The van der Waals surface area contributed by atoms with Crippen LogP contribution in [0.4, 0.5) is 5.69 Å². The van der Waals surface area contributed by atoms with Gasteiger partial charge < -0.3 is 4.74 Å². The smallest absolute Gasteiger partial charge is 0.247 e. The van der Waals surface area contributed by atoms with Crippen LogP contribution in [0.3, 0.4) is 0 Å². The van der Waals surface area contributed by atoms with Crippen LogP contribution < -0.4 is 9.64 Å². The summed E-state index contributed by atoms with van der Waals surface area (Å²) in [5.41, 5.74) is 2.20. The SMILES string of the molecule is COc1ccc2nc(S[C@H]3CC(=O)N(c4cccc5ccccc45)C3=O)nc(C)c2c1. The topological polar surface area (TPSA) is 72.4 Å². The number of methoxy groups -OCH3 is 1. The van der Waals surface area contributed by atoms with Crippen LogP contribution >= 0.6 is 11.8 Å². The molecule has 4 aromatic rings. The molecule has 0 N–H and O–H groups in total. The van der Waals surface area contributed by atoms with Gasteiger partial charge >= 0.3 is 0 Å². The van der Waals surface area contributed by atoms with Crippen molar-refractivity contribution in [2.24, 2.45) is 0 Å². The van der Waals surface area contributed by atoms with Gasteiger partial charge in [0.2, 0.25) is 11.8 Å². The van der Waals surface area contributed by atoms with Crippen molar-refractivity contribution >= 4 is 50.9 Å². The summed E-state index contributed by atoms with van der Waals surface area (Å²) < 4.78 is 5.28. The van der Waals surface area contributed by atoms with E-state index in [1.165, 1.54) is 16.7 Å². The lowest BCUT2D eigenvalue weighted by Crippen LogP contribution is -2.31. The van der Waals surface area contributed by atoms with Crippen molar-refractivity contribution in [1.29, 1.82) is 0 Å². The van der Waals surface area contributed by atoms with Crippen LogP contribution in [0.1, 0.15) is 12.1 Å². The number of imide groups is 1. The van der Waals surface area contributed by atoms with E-state index in [9.17, 15) is 9.59 Å². The molecule has 1 aliphatic rings. The maximum absolute atomic E-state index is 13.2. The molecule has 2 heterocycles. The second-order valence-electron chi connectivity index (χ2n) is 7.35. The van der Waals surface area contributed by atoms with E-state index < -0.39 is 5.25 Å². The zero-order chi connectivity index (χ0) is 21.5. The Bertz CT molecular complexity index is 1350. The minimum atomic E-state index is -0.554. The predicted molar refractivity (Wildman–Crippen MR) is 122 cm³/mol. The third-order valence-electron chi connectivity index (χ3n) is 5.43. The highest BCUT2D eigenvalue weighted by Gasteiger charge is 2.41. The molecular weight excluding hydrogens is 410 g/mol. The Labute approximate surface area is 183 Å². The molecule has 0 spiro atoms. The number of ether oxygens (including phenoxy) is 1. The van der Waals surface area contributed by atoms with Gasteiger partial charge in [-0.05, 0) is 36.6 Å². The molecule has 2 amide bonds. The van der Waals surface area contributed by atoms with Crippen LogP contribution in [-0.2, 0) is 9.59 Å². The molecule has 5 rings (SSSR count). The first kappa shape index (κ1) is 19.5. The summed E-state index contributed by atoms with van der Waals surface area (Å²) in [6.07, 6.45) is 0.121. The number of carbonyl (C=O) groups excluding carboxylic acids is 2. The molecule has 1 atom stereocenters. The van der Waals surface area contributed by atoms with Crippen LogP contribution in [0.15, 0.2) is 65.8 Å². The number of aromatic nitrogens is 2. The summed E-state index contributed by atoms with van der Waals surface area (Å²) in [6, 6.07) is 19.0. The van der Waals surface area contributed by atoms with Crippen molar-refractivity contribution in [1.82, 2.24) is 9.97 Å². The van der Waals surface area contributed by atoms with Crippen LogP contribution in [0.2, 0.25) is 0 Å². The van der Waals surface area contributed by atoms with Crippen molar-refractivity contribution in [3.8, 4) is 5.75 Å². The minimum Gasteiger partial charge on any atom is -0.497 e. The fourth-order valence-corrected chi connectivity index (χ4v) is 4.92. The number of rotatable bonds is 4. The first-order valence-electron chi connectivity index (χ1n) is 9.89. The molecule has 1 aliphatic heterocycles. The minimum absolute atomic E-state index is 0.121. The van der Waals surface area contributed by atoms with Gasteiger partial charge in [0.25, 0.3) is 0 Å². The Morgan fingerprint density at radius 1 is 1.00 bits per heavy atom. The molecule has 0 bridgehead atoms. The van der Waals surface area contributed by atoms with Crippen LogP contribution in [0.25, 0.3) is 21.7 Å². The van der Waals surface area contributed by atoms with Gasteiger partial charge in [0, 0.05) is 22.9 Å². The van der Waals surface area contributed by atoms with Gasteiger partial charge in [0.05, 0.1) is 18.3 Å². The number of carbonyl (C=O) groups is 2. The van der Waals surface area contributed by atoms with Gasteiger partial charge in [-0.15, -0.1) is 0 Å². The summed E-state index contributed by atoms with van der Waals surface area (Å²) in [7, 11) is 1.62. The molecule has 1 aromatic heterocycles. The first-order chi connectivity index (χ1) is 15.0. The second-order valence-corrected chi connectivity index (χ2v) is 8.52. The van der Waals surface area contributed by atoms with E-state index in [0.717, 1.165) is 33.1 Å². The molecule has 7 heteroatoms. The summed E-state index contributed by atoms with van der Waals surface area (Å²) in [5.74, 6) is 0.297.